The molecule has 1 heterocycles. The molecule has 3 N–H and O–H groups in total. The number of rotatable bonds is 3. The van der Waals surface area contributed by atoms with Crippen LogP contribution < -0.4 is 5.73 Å². The van der Waals surface area contributed by atoms with Gasteiger partial charge in [-0.1, -0.05) is 11.8 Å². The maximum atomic E-state index is 11.6. The van der Waals surface area contributed by atoms with E-state index in [9.17, 15) is 4.79 Å². The molecule has 6 nitrogen and oxygen atoms in total. The van der Waals surface area contributed by atoms with E-state index in [0.29, 0.717) is 11.4 Å². The van der Waals surface area contributed by atoms with Crippen LogP contribution in [0, 0.1) is 5.41 Å². The molecule has 16 heavy (non-hydrogen) atoms. The van der Waals surface area contributed by atoms with Crippen molar-refractivity contribution in [1.82, 2.24) is 14.7 Å². The number of hydrogen-bond acceptors (Lipinski definition) is 4. The summed E-state index contributed by atoms with van der Waals surface area (Å²) < 4.78 is 1.63. The van der Waals surface area contributed by atoms with Crippen LogP contribution in [0.1, 0.15) is 16.2 Å². The summed E-state index contributed by atoms with van der Waals surface area (Å²) in [5.41, 5.74) is 6.52. The summed E-state index contributed by atoms with van der Waals surface area (Å²) in [5, 5.41) is 11.3. The van der Waals surface area contributed by atoms with E-state index < -0.39 is 0 Å². The van der Waals surface area contributed by atoms with E-state index in [1.165, 1.54) is 16.7 Å². The predicted molar refractivity (Wildman–Crippen MR) is 64.4 cm³/mol. The minimum absolute atomic E-state index is 0.0571. The molecule has 0 saturated carbocycles. The first-order valence-electron chi connectivity index (χ1n) is 4.63. The van der Waals surface area contributed by atoms with Gasteiger partial charge in [-0.25, -0.2) is 0 Å². The number of aromatic nitrogens is 2. The highest BCUT2D eigenvalue weighted by molar-refractivity contribution is 8.13. The van der Waals surface area contributed by atoms with E-state index in [2.05, 4.69) is 5.10 Å². The lowest BCUT2D eigenvalue weighted by molar-refractivity contribution is 0.0821. The minimum Gasteiger partial charge on any atom is -0.379 e. The highest BCUT2D eigenvalue weighted by Crippen LogP contribution is 2.13. The molecule has 88 valence electrons. The maximum Gasteiger partial charge on any atom is 0.273 e. The SMILES string of the molecule is CN(C)C(=O)c1cc(CSC(=N)N)n(C)n1. The molecule has 0 unspecified atom stereocenters. The van der Waals surface area contributed by atoms with Gasteiger partial charge in [-0.2, -0.15) is 5.10 Å². The van der Waals surface area contributed by atoms with Crippen molar-refractivity contribution in [3.63, 3.8) is 0 Å². The van der Waals surface area contributed by atoms with Gasteiger partial charge in [-0.3, -0.25) is 14.9 Å². The number of thioether (sulfide) groups is 1. The second kappa shape index (κ2) is 5.02. The molecule has 0 atom stereocenters. The van der Waals surface area contributed by atoms with Crippen molar-refractivity contribution in [2.75, 3.05) is 14.1 Å². The third kappa shape index (κ3) is 2.99. The van der Waals surface area contributed by atoms with Crippen molar-refractivity contribution in [2.24, 2.45) is 12.8 Å². The fourth-order valence-corrected chi connectivity index (χ4v) is 1.70. The smallest absolute Gasteiger partial charge is 0.273 e. The van der Waals surface area contributed by atoms with Crippen molar-refractivity contribution < 1.29 is 4.79 Å². The van der Waals surface area contributed by atoms with Crippen molar-refractivity contribution in [2.45, 2.75) is 5.75 Å². The third-order valence-electron chi connectivity index (χ3n) is 1.98. The summed E-state index contributed by atoms with van der Waals surface area (Å²) in [6.45, 7) is 0. The van der Waals surface area contributed by atoms with Crippen LogP contribution >= 0.6 is 11.8 Å². The quantitative estimate of drug-likeness (QED) is 0.586. The molecular formula is C9H15N5OS. The third-order valence-corrected chi connectivity index (χ3v) is 2.73. The summed E-state index contributed by atoms with van der Waals surface area (Å²) in [6.07, 6.45) is 0. The van der Waals surface area contributed by atoms with Gasteiger partial charge in [0.05, 0.1) is 0 Å². The highest BCUT2D eigenvalue weighted by Gasteiger charge is 2.14. The normalized spacial score (nSPS) is 10.2. The Kier molecular flexibility index (Phi) is 3.94. The largest absolute Gasteiger partial charge is 0.379 e. The first-order chi connectivity index (χ1) is 7.41. The predicted octanol–water partition coefficient (Wildman–Crippen LogP) is 0.249. The first-order valence-corrected chi connectivity index (χ1v) is 5.61. The maximum absolute atomic E-state index is 11.6. The summed E-state index contributed by atoms with van der Waals surface area (Å²) in [4.78, 5) is 13.1. The first kappa shape index (κ1) is 12.6. The minimum atomic E-state index is -0.130. The summed E-state index contributed by atoms with van der Waals surface area (Å²) >= 11 is 1.21. The molecule has 0 aliphatic carbocycles. The lowest BCUT2D eigenvalue weighted by atomic mass is 10.3. The molecule has 0 saturated heterocycles. The molecular weight excluding hydrogens is 226 g/mol. The van der Waals surface area contributed by atoms with Crippen LogP contribution in [0.15, 0.2) is 6.07 Å². The van der Waals surface area contributed by atoms with E-state index >= 15 is 0 Å². The highest BCUT2D eigenvalue weighted by atomic mass is 32.2. The van der Waals surface area contributed by atoms with Gasteiger partial charge in [0, 0.05) is 32.6 Å². The fraction of sp³-hybridized carbons (Fsp3) is 0.444. The van der Waals surface area contributed by atoms with E-state index in [1.807, 2.05) is 0 Å². The van der Waals surface area contributed by atoms with Gasteiger partial charge in [-0.05, 0) is 6.07 Å². The molecule has 0 aromatic carbocycles. The number of carbonyl (C=O) groups is 1. The average molecular weight is 241 g/mol. The van der Waals surface area contributed by atoms with Crippen molar-refractivity contribution in [3.8, 4) is 0 Å². The molecule has 0 bridgehead atoms. The Morgan fingerprint density at radius 1 is 1.69 bits per heavy atom. The number of nitrogens with one attached hydrogen (secondary N) is 1. The standard InChI is InChI=1S/C9H15N5OS/c1-13(2)8(15)7-4-6(14(3)12-7)5-16-9(10)11/h4H,5H2,1-3H3,(H3,10,11). The molecule has 0 aliphatic rings. The van der Waals surface area contributed by atoms with Crippen LogP contribution in [0.25, 0.3) is 0 Å². The van der Waals surface area contributed by atoms with Gasteiger partial charge in [0.15, 0.2) is 10.9 Å². The summed E-state index contributed by atoms with van der Waals surface area (Å²) in [5.74, 6) is 0.411. The lowest BCUT2D eigenvalue weighted by Gasteiger charge is -2.06. The Morgan fingerprint density at radius 2 is 2.31 bits per heavy atom. The van der Waals surface area contributed by atoms with Crippen molar-refractivity contribution in [1.29, 1.82) is 5.41 Å². The van der Waals surface area contributed by atoms with Crippen LogP contribution in [0.3, 0.4) is 0 Å². The number of aryl methyl sites for hydroxylation is 1. The number of nitrogens with zero attached hydrogens (tertiary/aromatic N) is 3. The van der Waals surface area contributed by atoms with Crippen LogP contribution in [0.2, 0.25) is 0 Å². The Bertz CT molecular complexity index is 412. The molecule has 7 heteroatoms. The molecule has 1 rings (SSSR count). The zero-order chi connectivity index (χ0) is 12.3. The van der Waals surface area contributed by atoms with Gasteiger partial charge in [-0.15, -0.1) is 0 Å². The van der Waals surface area contributed by atoms with Gasteiger partial charge in [0.2, 0.25) is 0 Å². The topological polar surface area (TPSA) is 88.0 Å². The van der Waals surface area contributed by atoms with Gasteiger partial charge in [0.1, 0.15) is 0 Å². The molecule has 1 aromatic heterocycles. The number of carbonyl (C=O) groups excluding carboxylic acids is 1. The van der Waals surface area contributed by atoms with E-state index in [-0.39, 0.29) is 11.1 Å². The molecule has 0 fully saturated rings. The summed E-state index contributed by atoms with van der Waals surface area (Å²) in [7, 11) is 5.13. The van der Waals surface area contributed by atoms with Crippen LogP contribution in [-0.2, 0) is 12.8 Å². The zero-order valence-corrected chi connectivity index (χ0v) is 10.3. The second-order valence-corrected chi connectivity index (χ2v) is 4.51. The molecule has 0 aliphatic heterocycles. The second-order valence-electron chi connectivity index (χ2n) is 3.50. The van der Waals surface area contributed by atoms with Crippen LogP contribution in [0.4, 0.5) is 0 Å². The van der Waals surface area contributed by atoms with Crippen molar-refractivity contribution in [3.05, 3.63) is 17.5 Å². The molecule has 0 spiro atoms. The fourth-order valence-electron chi connectivity index (χ4n) is 1.13. The van der Waals surface area contributed by atoms with E-state index in [1.54, 1.807) is 31.9 Å². The average Bonchev–Trinajstić information content (AvgIpc) is 2.55. The van der Waals surface area contributed by atoms with E-state index in [4.69, 9.17) is 11.1 Å². The van der Waals surface area contributed by atoms with Crippen LogP contribution in [0.5, 0.6) is 0 Å². The Morgan fingerprint density at radius 3 is 2.81 bits per heavy atom. The number of hydrogen-bond donors (Lipinski definition) is 2. The number of amides is 1. The number of amidine groups is 1. The molecule has 0 radical (unpaired) electrons. The van der Waals surface area contributed by atoms with Crippen molar-refractivity contribution >= 4 is 22.8 Å². The monoisotopic (exact) mass is 241 g/mol. The van der Waals surface area contributed by atoms with E-state index in [0.717, 1.165) is 5.69 Å². The van der Waals surface area contributed by atoms with Gasteiger partial charge < -0.3 is 10.6 Å². The Labute approximate surface area is 98.3 Å². The van der Waals surface area contributed by atoms with Gasteiger partial charge in [0.25, 0.3) is 5.91 Å². The lowest BCUT2D eigenvalue weighted by Crippen LogP contribution is -2.22. The molecule has 1 amide bonds. The summed E-state index contributed by atoms with van der Waals surface area (Å²) in [6, 6.07) is 1.72. The molecule has 1 aromatic rings. The Balaban J connectivity index is 2.81. The number of nitrogens with two attached hydrogens (primary N) is 1. The Hall–Kier alpha value is -1.50. The van der Waals surface area contributed by atoms with Crippen LogP contribution in [-0.4, -0.2) is 39.9 Å². The van der Waals surface area contributed by atoms with Gasteiger partial charge >= 0.3 is 0 Å². The zero-order valence-electron chi connectivity index (χ0n) is 9.52.